The first-order valence-corrected chi connectivity index (χ1v) is 13.2. The molecular formula is C27H28Cl2O5S. The van der Waals surface area contributed by atoms with Crippen LogP contribution in [-0.2, 0) is 17.8 Å². The summed E-state index contributed by atoms with van der Waals surface area (Å²) in [5, 5.41) is 20.1. The summed E-state index contributed by atoms with van der Waals surface area (Å²) < 4.78 is 12.0. The molecule has 0 bridgehead atoms. The van der Waals surface area contributed by atoms with Gasteiger partial charge in [-0.2, -0.15) is 0 Å². The van der Waals surface area contributed by atoms with Crippen LogP contribution in [0.2, 0.25) is 0 Å². The second-order valence-corrected chi connectivity index (χ2v) is 11.0. The number of hydrogen-bond donors (Lipinski definition) is 2. The van der Waals surface area contributed by atoms with Crippen LogP contribution < -0.4 is 4.74 Å². The van der Waals surface area contributed by atoms with E-state index in [-0.39, 0.29) is 28.2 Å². The van der Waals surface area contributed by atoms with Gasteiger partial charge in [0, 0.05) is 17.2 Å². The number of hydrogen-bond acceptors (Lipinski definition) is 5. The zero-order valence-electron chi connectivity index (χ0n) is 19.1. The Labute approximate surface area is 219 Å². The van der Waals surface area contributed by atoms with Crippen LogP contribution in [0.1, 0.15) is 38.9 Å². The number of thiophene rings is 1. The van der Waals surface area contributed by atoms with Crippen LogP contribution in [0.5, 0.6) is 5.06 Å². The zero-order chi connectivity index (χ0) is 24.8. The Hall–Kier alpha value is -2.09. The van der Waals surface area contributed by atoms with Crippen molar-refractivity contribution in [2.24, 2.45) is 11.8 Å². The van der Waals surface area contributed by atoms with E-state index in [2.05, 4.69) is 0 Å². The van der Waals surface area contributed by atoms with Crippen molar-refractivity contribution in [2.75, 3.05) is 13.2 Å². The molecule has 2 N–H and O–H groups in total. The fourth-order valence-corrected chi connectivity index (χ4v) is 6.02. The highest BCUT2D eigenvalue weighted by Crippen LogP contribution is 2.40. The monoisotopic (exact) mass is 534 g/mol. The standard InChI is InChI=1S/C27H28Cl2O5S/c28-22-13-20(15-33-14-18-7-4-8-19(11-18)27(31)32)21(26(22)29)16-34-25-10-9-24(35-25)23(30)12-17-5-2-1-3-6-17/h1-11,20-23,26,30H,12-16H2,(H,31,32)/t20-,21?,22?,23?,26?/m1/s1. The molecule has 1 saturated carbocycles. The summed E-state index contributed by atoms with van der Waals surface area (Å²) in [6.45, 7) is 1.19. The number of rotatable bonds is 11. The molecule has 1 fully saturated rings. The Morgan fingerprint density at radius 2 is 1.80 bits per heavy atom. The first kappa shape index (κ1) is 26.0. The van der Waals surface area contributed by atoms with Gasteiger partial charge in [-0.15, -0.1) is 34.5 Å². The second-order valence-electron chi connectivity index (χ2n) is 8.81. The molecule has 35 heavy (non-hydrogen) atoms. The van der Waals surface area contributed by atoms with E-state index in [1.807, 2.05) is 48.5 Å². The number of carboxylic acids is 1. The van der Waals surface area contributed by atoms with Crippen LogP contribution in [0.25, 0.3) is 0 Å². The maximum absolute atomic E-state index is 11.2. The van der Waals surface area contributed by atoms with Gasteiger partial charge in [0.2, 0.25) is 0 Å². The summed E-state index contributed by atoms with van der Waals surface area (Å²) in [7, 11) is 0. The summed E-state index contributed by atoms with van der Waals surface area (Å²) in [5.74, 6) is -0.811. The molecule has 4 unspecified atom stereocenters. The Bertz CT molecular complexity index is 1110. The lowest BCUT2D eigenvalue weighted by atomic mass is 9.97. The van der Waals surface area contributed by atoms with E-state index in [1.54, 1.807) is 18.2 Å². The third kappa shape index (κ3) is 6.99. The van der Waals surface area contributed by atoms with E-state index in [9.17, 15) is 9.90 Å². The van der Waals surface area contributed by atoms with Crippen molar-refractivity contribution >= 4 is 40.5 Å². The quantitative estimate of drug-likeness (QED) is 0.287. The fraction of sp³-hybridized carbons (Fsp3) is 0.370. The summed E-state index contributed by atoms with van der Waals surface area (Å²) in [4.78, 5) is 12.0. The Morgan fingerprint density at radius 3 is 2.57 bits per heavy atom. The molecular weight excluding hydrogens is 507 g/mol. The number of alkyl halides is 2. The first-order chi connectivity index (χ1) is 16.9. The van der Waals surface area contributed by atoms with Crippen molar-refractivity contribution in [3.05, 3.63) is 88.3 Å². The molecule has 5 atom stereocenters. The molecule has 5 nitrogen and oxygen atoms in total. The molecule has 186 valence electrons. The number of benzene rings is 2. The van der Waals surface area contributed by atoms with Crippen LogP contribution in [0.15, 0.2) is 66.7 Å². The molecule has 4 rings (SSSR count). The van der Waals surface area contributed by atoms with E-state index in [0.717, 1.165) is 27.5 Å². The molecule has 2 aromatic carbocycles. The minimum absolute atomic E-state index is 0.0179. The van der Waals surface area contributed by atoms with Crippen LogP contribution >= 0.6 is 34.5 Å². The zero-order valence-corrected chi connectivity index (χ0v) is 21.4. The summed E-state index contributed by atoms with van der Waals surface area (Å²) >= 11 is 14.5. The topological polar surface area (TPSA) is 76.0 Å². The largest absolute Gasteiger partial charge is 0.484 e. The van der Waals surface area contributed by atoms with Gasteiger partial charge in [0.1, 0.15) is 0 Å². The lowest BCUT2D eigenvalue weighted by Gasteiger charge is -2.22. The Balaban J connectivity index is 1.29. The van der Waals surface area contributed by atoms with E-state index in [4.69, 9.17) is 37.8 Å². The van der Waals surface area contributed by atoms with Crippen molar-refractivity contribution < 1.29 is 24.5 Å². The highest BCUT2D eigenvalue weighted by Gasteiger charge is 2.42. The van der Waals surface area contributed by atoms with Gasteiger partial charge in [0.25, 0.3) is 0 Å². The number of aliphatic hydroxyl groups excluding tert-OH is 1. The third-order valence-corrected chi connectivity index (χ3v) is 8.59. The summed E-state index contributed by atoms with van der Waals surface area (Å²) in [6, 6.07) is 20.4. The Kier molecular flexibility index (Phi) is 9.09. The summed E-state index contributed by atoms with van der Waals surface area (Å²) in [6.07, 6.45) is 0.695. The van der Waals surface area contributed by atoms with Gasteiger partial charge in [-0.3, -0.25) is 0 Å². The van der Waals surface area contributed by atoms with Crippen molar-refractivity contribution in [1.82, 2.24) is 0 Å². The highest BCUT2D eigenvalue weighted by atomic mass is 35.5. The minimum Gasteiger partial charge on any atom is -0.484 e. The number of aromatic carboxylic acids is 1. The highest BCUT2D eigenvalue weighted by molar-refractivity contribution is 7.13. The van der Waals surface area contributed by atoms with Crippen molar-refractivity contribution in [2.45, 2.75) is 36.3 Å². The summed E-state index contributed by atoms with van der Waals surface area (Å²) in [5.41, 5.74) is 2.13. The average molecular weight is 535 g/mol. The van der Waals surface area contributed by atoms with Crippen molar-refractivity contribution in [1.29, 1.82) is 0 Å². The lowest BCUT2D eigenvalue weighted by molar-refractivity contribution is 0.0643. The first-order valence-electron chi connectivity index (χ1n) is 11.5. The molecule has 0 aliphatic heterocycles. The molecule has 0 saturated heterocycles. The average Bonchev–Trinajstić information content (AvgIpc) is 3.43. The normalized spacial score (nSPS) is 22.7. The van der Waals surface area contributed by atoms with E-state index in [1.165, 1.54) is 11.3 Å². The molecule has 0 radical (unpaired) electrons. The van der Waals surface area contributed by atoms with E-state index < -0.39 is 12.1 Å². The number of halogens is 2. The van der Waals surface area contributed by atoms with Gasteiger partial charge in [0.05, 0.1) is 42.2 Å². The van der Waals surface area contributed by atoms with Gasteiger partial charge in [-0.05, 0) is 47.7 Å². The minimum atomic E-state index is -0.959. The molecule has 1 aromatic heterocycles. The van der Waals surface area contributed by atoms with E-state index in [0.29, 0.717) is 26.2 Å². The van der Waals surface area contributed by atoms with Crippen LogP contribution in [0, 0.1) is 11.8 Å². The molecule has 0 spiro atoms. The second kappa shape index (κ2) is 12.2. The van der Waals surface area contributed by atoms with Crippen LogP contribution in [0.4, 0.5) is 0 Å². The number of carboxylic acid groups (broad SMARTS) is 1. The van der Waals surface area contributed by atoms with Gasteiger partial charge in [0.15, 0.2) is 5.06 Å². The molecule has 3 aromatic rings. The number of aliphatic hydroxyl groups is 1. The molecule has 8 heteroatoms. The molecule has 1 aliphatic rings. The predicted molar refractivity (Wildman–Crippen MR) is 139 cm³/mol. The van der Waals surface area contributed by atoms with Gasteiger partial charge >= 0.3 is 5.97 Å². The van der Waals surface area contributed by atoms with Gasteiger partial charge in [-0.25, -0.2) is 4.79 Å². The van der Waals surface area contributed by atoms with Gasteiger partial charge in [-0.1, -0.05) is 42.5 Å². The van der Waals surface area contributed by atoms with Gasteiger partial charge < -0.3 is 19.7 Å². The molecule has 1 heterocycles. The molecule has 1 aliphatic carbocycles. The lowest BCUT2D eigenvalue weighted by Crippen LogP contribution is -2.27. The number of carbonyl (C=O) groups is 1. The van der Waals surface area contributed by atoms with Crippen molar-refractivity contribution in [3.8, 4) is 5.06 Å². The fourth-order valence-electron chi connectivity index (χ4n) is 4.37. The smallest absolute Gasteiger partial charge is 0.335 e. The number of ether oxygens (including phenoxy) is 2. The van der Waals surface area contributed by atoms with Crippen molar-refractivity contribution in [3.63, 3.8) is 0 Å². The predicted octanol–water partition coefficient (Wildman–Crippen LogP) is 6.17. The maximum Gasteiger partial charge on any atom is 0.335 e. The Morgan fingerprint density at radius 1 is 1.03 bits per heavy atom. The molecule has 0 amide bonds. The van der Waals surface area contributed by atoms with Crippen LogP contribution in [-0.4, -0.2) is 40.2 Å². The van der Waals surface area contributed by atoms with Crippen LogP contribution in [0.3, 0.4) is 0 Å². The SMILES string of the molecule is O=C(O)c1cccc(COC[C@H]2CC(Cl)C(Cl)C2COc2ccc(C(O)Cc3ccccc3)s2)c1. The van der Waals surface area contributed by atoms with E-state index >= 15 is 0 Å². The maximum atomic E-state index is 11.2. The third-order valence-electron chi connectivity index (χ3n) is 6.28.